The summed E-state index contributed by atoms with van der Waals surface area (Å²) in [6, 6.07) is 12.7. The van der Waals surface area contributed by atoms with Crippen LogP contribution in [0.3, 0.4) is 0 Å². The Labute approximate surface area is 133 Å². The number of benzene rings is 2. The monoisotopic (exact) mass is 313 g/mol. The van der Waals surface area contributed by atoms with E-state index in [0.717, 1.165) is 5.56 Å². The van der Waals surface area contributed by atoms with Gasteiger partial charge >= 0.3 is 5.97 Å². The first-order chi connectivity index (χ1) is 10.4. The average molecular weight is 313 g/mol. The second-order valence-corrected chi connectivity index (χ2v) is 7.07. The van der Waals surface area contributed by atoms with Crippen LogP contribution in [0.5, 0.6) is 0 Å². The Balaban J connectivity index is 2.14. The second kappa shape index (κ2) is 5.38. The van der Waals surface area contributed by atoms with E-state index in [4.69, 9.17) is 10.5 Å². The second-order valence-electron chi connectivity index (χ2n) is 5.98. The van der Waals surface area contributed by atoms with E-state index in [1.165, 1.54) is 32.8 Å². The fraction of sp³-hybridized carbons (Fsp3) is 0.278. The lowest BCUT2D eigenvalue weighted by Crippen LogP contribution is -2.35. The molecule has 0 unspecified atom stereocenters. The summed E-state index contributed by atoms with van der Waals surface area (Å²) < 4.78 is 7.25. The highest BCUT2D eigenvalue weighted by Crippen LogP contribution is 2.36. The largest absolute Gasteiger partial charge is 0.469 e. The Kier molecular flexibility index (Phi) is 3.67. The first-order valence-electron chi connectivity index (χ1n) is 7.20. The maximum Gasteiger partial charge on any atom is 0.307 e. The Hall–Kier alpha value is -1.91. The van der Waals surface area contributed by atoms with Gasteiger partial charge in [0.2, 0.25) is 0 Å². The molecule has 114 valence electrons. The predicted molar refractivity (Wildman–Crippen MR) is 92.2 cm³/mol. The van der Waals surface area contributed by atoms with Gasteiger partial charge in [-0.05, 0) is 43.7 Å². The number of fused-ring (bicyclic) bond motifs is 3. The quantitative estimate of drug-likeness (QED) is 0.741. The number of rotatable bonds is 3. The molecule has 0 spiro atoms. The molecule has 0 aliphatic carbocycles. The summed E-state index contributed by atoms with van der Waals surface area (Å²) in [7, 11) is 1.39. The molecule has 3 aromatic rings. The molecule has 1 aromatic heterocycles. The molecule has 0 aliphatic heterocycles. The minimum Gasteiger partial charge on any atom is -0.469 e. The Morgan fingerprint density at radius 3 is 2.50 bits per heavy atom. The van der Waals surface area contributed by atoms with E-state index in [0.29, 0.717) is 0 Å². The molecule has 0 saturated carbocycles. The number of methoxy groups -OCH3 is 1. The van der Waals surface area contributed by atoms with Crippen LogP contribution in [0.15, 0.2) is 36.4 Å². The fourth-order valence-corrected chi connectivity index (χ4v) is 3.79. The van der Waals surface area contributed by atoms with Crippen LogP contribution in [0.25, 0.3) is 20.2 Å². The number of esters is 1. The van der Waals surface area contributed by atoms with Crippen LogP contribution in [-0.2, 0) is 15.1 Å². The molecule has 0 aliphatic rings. The van der Waals surface area contributed by atoms with Crippen molar-refractivity contribution >= 4 is 37.5 Å². The van der Waals surface area contributed by atoms with E-state index in [1.54, 1.807) is 11.3 Å². The van der Waals surface area contributed by atoms with Gasteiger partial charge in [0.25, 0.3) is 0 Å². The van der Waals surface area contributed by atoms with E-state index in [9.17, 15) is 4.79 Å². The summed E-state index contributed by atoms with van der Waals surface area (Å²) in [6.07, 6.45) is 0.163. The first kappa shape index (κ1) is 15.0. The maximum atomic E-state index is 11.6. The SMILES string of the molecule is COC(=O)C[C@](C)(N)c1ccc2sc3ccc(C)cc3c2c1. The predicted octanol–water partition coefficient (Wildman–Crippen LogP) is 4.10. The highest BCUT2D eigenvalue weighted by Gasteiger charge is 2.26. The molecule has 2 aromatic carbocycles. The van der Waals surface area contributed by atoms with Gasteiger partial charge in [0.05, 0.1) is 13.5 Å². The van der Waals surface area contributed by atoms with Crippen LogP contribution in [0.2, 0.25) is 0 Å². The van der Waals surface area contributed by atoms with Crippen LogP contribution >= 0.6 is 11.3 Å². The molecule has 2 N–H and O–H groups in total. The number of ether oxygens (including phenoxy) is 1. The molecular weight excluding hydrogens is 294 g/mol. The zero-order valence-corrected chi connectivity index (χ0v) is 13.8. The van der Waals surface area contributed by atoms with Crippen molar-refractivity contribution in [2.24, 2.45) is 5.73 Å². The molecule has 1 atom stereocenters. The van der Waals surface area contributed by atoms with Crippen molar-refractivity contribution < 1.29 is 9.53 Å². The minimum absolute atomic E-state index is 0.163. The van der Waals surface area contributed by atoms with Crippen molar-refractivity contribution in [3.05, 3.63) is 47.5 Å². The molecule has 0 fully saturated rings. The lowest BCUT2D eigenvalue weighted by atomic mass is 9.89. The fourth-order valence-electron chi connectivity index (χ4n) is 2.72. The lowest BCUT2D eigenvalue weighted by molar-refractivity contribution is -0.141. The summed E-state index contributed by atoms with van der Waals surface area (Å²) in [5, 5.41) is 2.44. The average Bonchev–Trinajstić information content (AvgIpc) is 2.83. The highest BCUT2D eigenvalue weighted by molar-refractivity contribution is 7.25. The molecule has 3 nitrogen and oxygen atoms in total. The number of hydrogen-bond acceptors (Lipinski definition) is 4. The maximum absolute atomic E-state index is 11.6. The number of carbonyl (C=O) groups excluding carboxylic acids is 1. The van der Waals surface area contributed by atoms with Crippen molar-refractivity contribution in [1.82, 2.24) is 0 Å². The molecule has 0 radical (unpaired) electrons. The van der Waals surface area contributed by atoms with Crippen molar-refractivity contribution in [2.45, 2.75) is 25.8 Å². The summed E-state index contributed by atoms with van der Waals surface area (Å²) in [6.45, 7) is 3.96. The van der Waals surface area contributed by atoms with E-state index in [-0.39, 0.29) is 12.4 Å². The molecule has 0 amide bonds. The molecule has 0 saturated heterocycles. The highest BCUT2D eigenvalue weighted by atomic mass is 32.1. The standard InChI is InChI=1S/C18H19NO2S/c1-11-4-6-15-13(8-11)14-9-12(5-7-16(14)22-15)18(2,19)10-17(20)21-3/h4-9H,10,19H2,1-3H3/t18-/m0/s1. The van der Waals surface area contributed by atoms with Gasteiger partial charge < -0.3 is 10.5 Å². The number of nitrogens with two attached hydrogens (primary N) is 1. The number of aryl methyl sites for hydroxylation is 1. The third kappa shape index (κ3) is 2.60. The van der Waals surface area contributed by atoms with Crippen LogP contribution in [0.4, 0.5) is 0 Å². The summed E-state index contributed by atoms with van der Waals surface area (Å²) in [5.41, 5.74) is 7.80. The van der Waals surface area contributed by atoms with Gasteiger partial charge in [-0.25, -0.2) is 0 Å². The van der Waals surface area contributed by atoms with Gasteiger partial charge in [0.1, 0.15) is 0 Å². The summed E-state index contributed by atoms with van der Waals surface area (Å²) in [5.74, 6) is -0.295. The van der Waals surface area contributed by atoms with Gasteiger partial charge in [-0.1, -0.05) is 17.7 Å². The van der Waals surface area contributed by atoms with Crippen LogP contribution in [-0.4, -0.2) is 13.1 Å². The van der Waals surface area contributed by atoms with Crippen LogP contribution in [0, 0.1) is 6.92 Å². The van der Waals surface area contributed by atoms with Gasteiger partial charge in [-0.3, -0.25) is 4.79 Å². The molecule has 4 heteroatoms. The number of hydrogen-bond donors (Lipinski definition) is 1. The molecule has 0 bridgehead atoms. The third-order valence-electron chi connectivity index (χ3n) is 4.02. The van der Waals surface area contributed by atoms with E-state index in [2.05, 4.69) is 37.3 Å². The zero-order chi connectivity index (χ0) is 15.9. The van der Waals surface area contributed by atoms with Gasteiger partial charge in [0.15, 0.2) is 0 Å². The van der Waals surface area contributed by atoms with E-state index < -0.39 is 5.54 Å². The Bertz CT molecular complexity index is 864. The molecule has 22 heavy (non-hydrogen) atoms. The van der Waals surface area contributed by atoms with Crippen molar-refractivity contribution in [1.29, 1.82) is 0 Å². The van der Waals surface area contributed by atoms with Crippen molar-refractivity contribution in [2.75, 3.05) is 7.11 Å². The van der Waals surface area contributed by atoms with Crippen molar-refractivity contribution in [3.8, 4) is 0 Å². The van der Waals surface area contributed by atoms with Gasteiger partial charge in [-0.15, -0.1) is 11.3 Å². The third-order valence-corrected chi connectivity index (χ3v) is 5.18. The molecule has 1 heterocycles. The minimum atomic E-state index is -0.737. The van der Waals surface area contributed by atoms with Crippen LogP contribution < -0.4 is 5.73 Å². The lowest BCUT2D eigenvalue weighted by Gasteiger charge is -2.24. The Morgan fingerprint density at radius 2 is 1.82 bits per heavy atom. The Morgan fingerprint density at radius 1 is 1.18 bits per heavy atom. The first-order valence-corrected chi connectivity index (χ1v) is 8.01. The normalized spacial score (nSPS) is 14.2. The molecular formula is C18H19NO2S. The van der Waals surface area contributed by atoms with Crippen molar-refractivity contribution in [3.63, 3.8) is 0 Å². The zero-order valence-electron chi connectivity index (χ0n) is 13.0. The van der Waals surface area contributed by atoms with Crippen LogP contribution in [0.1, 0.15) is 24.5 Å². The van der Waals surface area contributed by atoms with Gasteiger partial charge in [-0.2, -0.15) is 0 Å². The number of carbonyl (C=O) groups is 1. The van der Waals surface area contributed by atoms with E-state index >= 15 is 0 Å². The topological polar surface area (TPSA) is 52.3 Å². The number of thiophene rings is 1. The van der Waals surface area contributed by atoms with E-state index in [1.807, 2.05) is 13.0 Å². The van der Waals surface area contributed by atoms with Gasteiger partial charge in [0, 0.05) is 25.7 Å². The smallest absolute Gasteiger partial charge is 0.307 e. The molecule has 3 rings (SSSR count). The summed E-state index contributed by atoms with van der Waals surface area (Å²) >= 11 is 1.78. The summed E-state index contributed by atoms with van der Waals surface area (Å²) in [4.78, 5) is 11.6.